The van der Waals surface area contributed by atoms with Gasteiger partial charge in [-0.05, 0) is 85.7 Å². The number of ether oxygens (including phenoxy) is 1. The number of rotatable bonds is 7. The quantitative estimate of drug-likeness (QED) is 0.398. The second-order valence-corrected chi connectivity index (χ2v) is 9.98. The van der Waals surface area contributed by atoms with E-state index in [9.17, 15) is 14.4 Å². The van der Waals surface area contributed by atoms with Crippen molar-refractivity contribution >= 4 is 29.3 Å². The average molecular weight is 522 g/mol. The molecule has 0 bridgehead atoms. The summed E-state index contributed by atoms with van der Waals surface area (Å²) in [5.74, 6) is 6.63. The fourth-order valence-corrected chi connectivity index (χ4v) is 4.50. The van der Waals surface area contributed by atoms with Crippen LogP contribution in [-0.2, 0) is 20.9 Å². The first-order valence-corrected chi connectivity index (χ1v) is 13.3. The van der Waals surface area contributed by atoms with Crippen molar-refractivity contribution in [3.63, 3.8) is 0 Å². The lowest BCUT2D eigenvalue weighted by Gasteiger charge is -2.23. The molecule has 3 aromatic rings. The summed E-state index contributed by atoms with van der Waals surface area (Å²) in [7, 11) is 0. The lowest BCUT2D eigenvalue weighted by atomic mass is 10.1. The SMILES string of the molecule is O=C(CC1CC1)Nc1ccc(C#Cc2ccc(NC(=O)[C@@H]3CCCN3C(=O)OCc3ccccc3)cc2)cc1. The Bertz CT molecular complexity index is 1370. The smallest absolute Gasteiger partial charge is 0.410 e. The van der Waals surface area contributed by atoms with E-state index in [1.807, 2.05) is 66.7 Å². The minimum absolute atomic E-state index is 0.0622. The van der Waals surface area contributed by atoms with Gasteiger partial charge in [0.1, 0.15) is 12.6 Å². The Kier molecular flexibility index (Phi) is 8.23. The van der Waals surface area contributed by atoms with Gasteiger partial charge in [-0.15, -0.1) is 0 Å². The van der Waals surface area contributed by atoms with E-state index in [0.29, 0.717) is 31.0 Å². The van der Waals surface area contributed by atoms with Crippen LogP contribution in [0.3, 0.4) is 0 Å². The second-order valence-electron chi connectivity index (χ2n) is 9.98. The van der Waals surface area contributed by atoms with Crippen molar-refractivity contribution in [2.75, 3.05) is 17.2 Å². The predicted octanol–water partition coefficient (Wildman–Crippen LogP) is 5.56. The van der Waals surface area contributed by atoms with E-state index in [-0.39, 0.29) is 18.4 Å². The third-order valence-corrected chi connectivity index (χ3v) is 6.84. The Morgan fingerprint density at radius 3 is 2.03 bits per heavy atom. The summed E-state index contributed by atoms with van der Waals surface area (Å²) in [6.07, 6.45) is 3.77. The van der Waals surface area contributed by atoms with Gasteiger partial charge in [-0.2, -0.15) is 0 Å². The van der Waals surface area contributed by atoms with Gasteiger partial charge in [0.25, 0.3) is 0 Å². The lowest BCUT2D eigenvalue weighted by molar-refractivity contribution is -0.120. The maximum Gasteiger partial charge on any atom is 0.410 e. The van der Waals surface area contributed by atoms with Gasteiger partial charge in [0.2, 0.25) is 11.8 Å². The van der Waals surface area contributed by atoms with Crippen molar-refractivity contribution < 1.29 is 19.1 Å². The molecule has 1 atom stereocenters. The van der Waals surface area contributed by atoms with Crippen molar-refractivity contribution in [1.29, 1.82) is 0 Å². The Morgan fingerprint density at radius 1 is 0.795 bits per heavy atom. The van der Waals surface area contributed by atoms with Crippen molar-refractivity contribution in [3.8, 4) is 11.8 Å². The molecule has 3 amide bonds. The third-order valence-electron chi connectivity index (χ3n) is 6.84. The third kappa shape index (κ3) is 7.48. The Labute approximate surface area is 228 Å². The van der Waals surface area contributed by atoms with E-state index in [0.717, 1.165) is 41.6 Å². The molecule has 1 aliphatic heterocycles. The van der Waals surface area contributed by atoms with E-state index in [1.165, 1.54) is 4.90 Å². The Balaban J connectivity index is 1.11. The van der Waals surface area contributed by atoms with Gasteiger partial charge < -0.3 is 15.4 Å². The molecule has 0 unspecified atom stereocenters. The number of amides is 3. The number of likely N-dealkylation sites (tertiary alicyclic amines) is 1. The first-order chi connectivity index (χ1) is 19.0. The summed E-state index contributed by atoms with van der Waals surface area (Å²) in [6.45, 7) is 0.669. The van der Waals surface area contributed by atoms with E-state index in [4.69, 9.17) is 4.74 Å². The topological polar surface area (TPSA) is 87.7 Å². The number of carbonyl (C=O) groups is 3. The normalized spacial score (nSPS) is 16.1. The minimum atomic E-state index is -0.561. The molecule has 7 nitrogen and oxygen atoms in total. The molecule has 5 rings (SSSR count). The van der Waals surface area contributed by atoms with E-state index >= 15 is 0 Å². The summed E-state index contributed by atoms with van der Waals surface area (Å²) in [6, 6.07) is 23.7. The first kappa shape index (κ1) is 26.1. The van der Waals surface area contributed by atoms with Crippen LogP contribution in [-0.4, -0.2) is 35.4 Å². The van der Waals surface area contributed by atoms with Gasteiger partial charge in [-0.25, -0.2) is 4.79 Å². The molecular formula is C32H31N3O4. The summed E-state index contributed by atoms with van der Waals surface area (Å²) < 4.78 is 5.43. The van der Waals surface area contributed by atoms with Crippen LogP contribution in [0.25, 0.3) is 0 Å². The number of nitrogens with zero attached hydrogens (tertiary/aromatic N) is 1. The van der Waals surface area contributed by atoms with Crippen LogP contribution < -0.4 is 10.6 Å². The summed E-state index contributed by atoms with van der Waals surface area (Å²) >= 11 is 0. The van der Waals surface area contributed by atoms with Crippen molar-refractivity contribution in [3.05, 3.63) is 95.6 Å². The number of nitrogens with one attached hydrogen (secondary N) is 2. The minimum Gasteiger partial charge on any atom is -0.445 e. The number of hydrogen-bond donors (Lipinski definition) is 2. The zero-order valence-electron chi connectivity index (χ0n) is 21.7. The van der Waals surface area contributed by atoms with Crippen LogP contribution in [0.5, 0.6) is 0 Å². The van der Waals surface area contributed by atoms with Crippen LogP contribution in [0.15, 0.2) is 78.9 Å². The molecule has 3 aromatic carbocycles. The zero-order valence-corrected chi connectivity index (χ0v) is 21.7. The van der Waals surface area contributed by atoms with Crippen LogP contribution in [0.2, 0.25) is 0 Å². The number of benzene rings is 3. The predicted molar refractivity (Wildman–Crippen MR) is 150 cm³/mol. The van der Waals surface area contributed by atoms with Gasteiger partial charge in [-0.3, -0.25) is 14.5 Å². The number of carbonyl (C=O) groups excluding carboxylic acids is 3. The maximum atomic E-state index is 12.9. The maximum absolute atomic E-state index is 12.9. The molecule has 1 saturated carbocycles. The highest BCUT2D eigenvalue weighted by molar-refractivity contribution is 5.97. The molecule has 0 radical (unpaired) electrons. The highest BCUT2D eigenvalue weighted by Crippen LogP contribution is 2.32. The summed E-state index contributed by atoms with van der Waals surface area (Å²) in [5, 5.41) is 5.84. The van der Waals surface area contributed by atoms with E-state index in [2.05, 4.69) is 22.5 Å². The van der Waals surface area contributed by atoms with Crippen LogP contribution in [0, 0.1) is 17.8 Å². The molecule has 39 heavy (non-hydrogen) atoms. The molecule has 7 heteroatoms. The monoisotopic (exact) mass is 521 g/mol. The molecule has 0 spiro atoms. The van der Waals surface area contributed by atoms with Gasteiger partial charge >= 0.3 is 6.09 Å². The molecule has 1 heterocycles. The molecule has 198 valence electrons. The standard InChI is InChI=1S/C32H31N3O4/c36-30(21-25-10-11-25)33-27-16-12-23(13-17-27)8-9-24-14-18-28(19-15-24)34-31(37)29-7-4-20-35(29)32(38)39-22-26-5-2-1-3-6-26/h1-3,5-6,12-19,25,29H,4,7,10-11,20-22H2,(H,33,36)(H,34,37)/t29-/m0/s1. The van der Waals surface area contributed by atoms with Gasteiger partial charge in [0.05, 0.1) is 0 Å². The van der Waals surface area contributed by atoms with Crippen LogP contribution >= 0.6 is 0 Å². The Hall–Kier alpha value is -4.57. The van der Waals surface area contributed by atoms with Gasteiger partial charge in [0, 0.05) is 35.5 Å². The fourth-order valence-electron chi connectivity index (χ4n) is 4.50. The van der Waals surface area contributed by atoms with E-state index < -0.39 is 12.1 Å². The molecule has 1 saturated heterocycles. The fraction of sp³-hybridized carbons (Fsp3) is 0.281. The number of hydrogen-bond acceptors (Lipinski definition) is 4. The highest BCUT2D eigenvalue weighted by atomic mass is 16.6. The average Bonchev–Trinajstić information content (AvgIpc) is 3.62. The lowest BCUT2D eigenvalue weighted by Crippen LogP contribution is -2.43. The largest absolute Gasteiger partial charge is 0.445 e. The summed E-state index contributed by atoms with van der Waals surface area (Å²) in [4.78, 5) is 39.0. The highest BCUT2D eigenvalue weighted by Gasteiger charge is 2.35. The summed E-state index contributed by atoms with van der Waals surface area (Å²) in [5.41, 5.74) is 3.96. The molecule has 2 aliphatic rings. The molecule has 2 N–H and O–H groups in total. The van der Waals surface area contributed by atoms with Crippen LogP contribution in [0.1, 0.15) is 48.8 Å². The molecular weight excluding hydrogens is 490 g/mol. The van der Waals surface area contributed by atoms with Crippen molar-refractivity contribution in [1.82, 2.24) is 4.90 Å². The van der Waals surface area contributed by atoms with E-state index in [1.54, 1.807) is 12.1 Å². The van der Waals surface area contributed by atoms with Gasteiger partial charge in [0.15, 0.2) is 0 Å². The Morgan fingerprint density at radius 2 is 1.41 bits per heavy atom. The molecule has 0 aromatic heterocycles. The van der Waals surface area contributed by atoms with Crippen molar-refractivity contribution in [2.45, 2.75) is 44.8 Å². The first-order valence-electron chi connectivity index (χ1n) is 13.3. The van der Waals surface area contributed by atoms with Gasteiger partial charge in [-0.1, -0.05) is 42.2 Å². The molecule has 1 aliphatic carbocycles. The zero-order chi connectivity index (χ0) is 27.0. The second kappa shape index (κ2) is 12.3. The van der Waals surface area contributed by atoms with Crippen molar-refractivity contribution in [2.24, 2.45) is 5.92 Å². The molecule has 2 fully saturated rings. The number of anilines is 2. The van der Waals surface area contributed by atoms with Crippen LogP contribution in [0.4, 0.5) is 16.2 Å².